The number of hydrogen-bond donors (Lipinski definition) is 3. The Labute approximate surface area is 153 Å². The van der Waals surface area contributed by atoms with Gasteiger partial charge in [0.15, 0.2) is 0 Å². The maximum Gasteiger partial charge on any atom is 0.432 e. The van der Waals surface area contributed by atoms with Crippen molar-refractivity contribution in [2.24, 2.45) is 5.92 Å². The Morgan fingerprint density at radius 3 is 2.93 bits per heavy atom. The van der Waals surface area contributed by atoms with E-state index in [-0.39, 0.29) is 18.3 Å². The Kier molecular flexibility index (Phi) is 5.54. The number of rotatable bonds is 5. The number of nitrogens with zero attached hydrogens (tertiary/aromatic N) is 4. The van der Waals surface area contributed by atoms with Crippen molar-refractivity contribution >= 4 is 17.6 Å². The van der Waals surface area contributed by atoms with Crippen LogP contribution in [-0.4, -0.2) is 56.6 Å². The van der Waals surface area contributed by atoms with Gasteiger partial charge in [0.05, 0.1) is 17.6 Å². The van der Waals surface area contributed by atoms with E-state index in [0.717, 1.165) is 31.3 Å². The van der Waals surface area contributed by atoms with Crippen LogP contribution in [0.4, 0.5) is 19.0 Å². The first-order chi connectivity index (χ1) is 12.9. The van der Waals surface area contributed by atoms with Gasteiger partial charge in [0, 0.05) is 25.8 Å². The van der Waals surface area contributed by atoms with Crippen LogP contribution in [0.2, 0.25) is 0 Å². The molecule has 1 aliphatic heterocycles. The molecule has 27 heavy (non-hydrogen) atoms. The molecular formula is C17H19F3N6O. The van der Waals surface area contributed by atoms with E-state index in [2.05, 4.69) is 24.8 Å². The van der Waals surface area contributed by atoms with Crippen LogP contribution in [-0.2, 0) is 0 Å². The lowest BCUT2D eigenvalue weighted by Crippen LogP contribution is -2.37. The molecule has 0 aliphatic carbocycles. The molecule has 1 fully saturated rings. The van der Waals surface area contributed by atoms with Gasteiger partial charge >= 0.3 is 6.18 Å². The first-order valence-corrected chi connectivity index (χ1v) is 8.44. The van der Waals surface area contributed by atoms with Gasteiger partial charge in [-0.05, 0) is 30.9 Å². The Balaban J connectivity index is 1.75. The van der Waals surface area contributed by atoms with Gasteiger partial charge in [0.1, 0.15) is 23.7 Å². The summed E-state index contributed by atoms with van der Waals surface area (Å²) in [6, 6.07) is 1.78. The molecule has 0 spiro atoms. The minimum Gasteiger partial charge on any atom is -0.396 e. The van der Waals surface area contributed by atoms with E-state index in [1.165, 1.54) is 12.5 Å². The van der Waals surface area contributed by atoms with Gasteiger partial charge in [-0.15, -0.1) is 0 Å². The van der Waals surface area contributed by atoms with E-state index in [4.69, 9.17) is 5.41 Å². The molecular weight excluding hydrogens is 361 g/mol. The summed E-state index contributed by atoms with van der Waals surface area (Å²) >= 11 is 0. The Hall–Kier alpha value is -2.75. The minimum absolute atomic E-state index is 0.137. The summed E-state index contributed by atoms with van der Waals surface area (Å²) in [7, 11) is 0. The number of aliphatic hydroxyl groups excluding tert-OH is 1. The van der Waals surface area contributed by atoms with Crippen molar-refractivity contribution in [1.29, 1.82) is 5.41 Å². The van der Waals surface area contributed by atoms with Gasteiger partial charge < -0.3 is 15.0 Å². The zero-order valence-corrected chi connectivity index (χ0v) is 14.4. The zero-order chi connectivity index (χ0) is 19.4. The maximum absolute atomic E-state index is 12.4. The summed E-state index contributed by atoms with van der Waals surface area (Å²) in [5.41, 5.74) is -0.356. The monoisotopic (exact) mass is 380 g/mol. The molecule has 0 aromatic carbocycles. The highest BCUT2D eigenvalue weighted by Gasteiger charge is 2.32. The molecule has 3 rings (SSSR count). The van der Waals surface area contributed by atoms with Crippen molar-refractivity contribution < 1.29 is 18.3 Å². The number of anilines is 1. The molecule has 0 saturated carbocycles. The number of allylic oxidation sites excluding steroid dienone is 1. The third-order valence-electron chi connectivity index (χ3n) is 4.34. The van der Waals surface area contributed by atoms with Crippen molar-refractivity contribution in [1.82, 2.24) is 19.9 Å². The van der Waals surface area contributed by atoms with Crippen LogP contribution < -0.4 is 4.90 Å². The molecule has 7 nitrogen and oxygen atoms in total. The number of hydrogen-bond acceptors (Lipinski definition) is 6. The average Bonchev–Trinajstić information content (AvgIpc) is 3.14. The Bertz CT molecular complexity index is 832. The molecule has 3 heterocycles. The highest BCUT2D eigenvalue weighted by Crippen LogP contribution is 2.24. The first-order valence-electron chi connectivity index (χ1n) is 8.44. The fraction of sp³-hybridized carbons (Fsp3) is 0.412. The molecule has 10 heteroatoms. The number of nitrogens with one attached hydrogen (secondary N) is 2. The van der Waals surface area contributed by atoms with Crippen molar-refractivity contribution in [2.45, 2.75) is 19.0 Å². The van der Waals surface area contributed by atoms with Crippen LogP contribution in [0.1, 0.15) is 18.7 Å². The lowest BCUT2D eigenvalue weighted by Gasteiger charge is -2.32. The van der Waals surface area contributed by atoms with E-state index < -0.39 is 11.9 Å². The van der Waals surface area contributed by atoms with Crippen LogP contribution in [0, 0.1) is 11.3 Å². The van der Waals surface area contributed by atoms with Crippen molar-refractivity contribution in [2.75, 3.05) is 24.6 Å². The molecule has 0 bridgehead atoms. The number of aromatic nitrogens is 4. The van der Waals surface area contributed by atoms with Gasteiger partial charge in [-0.2, -0.15) is 13.2 Å². The van der Waals surface area contributed by atoms with E-state index in [1.807, 2.05) is 0 Å². The lowest BCUT2D eigenvalue weighted by molar-refractivity contribution is -0.0583. The number of alkyl halides is 3. The zero-order valence-electron chi connectivity index (χ0n) is 14.4. The van der Waals surface area contributed by atoms with Crippen LogP contribution in [0.25, 0.3) is 17.5 Å². The van der Waals surface area contributed by atoms with Gasteiger partial charge in [0.25, 0.3) is 0 Å². The third-order valence-corrected chi connectivity index (χ3v) is 4.34. The first kappa shape index (κ1) is 19.0. The van der Waals surface area contributed by atoms with E-state index in [9.17, 15) is 18.3 Å². The van der Waals surface area contributed by atoms with Gasteiger partial charge in [0.2, 0.25) is 0 Å². The van der Waals surface area contributed by atoms with E-state index >= 15 is 0 Å². The highest BCUT2D eigenvalue weighted by molar-refractivity contribution is 5.99. The molecule has 0 amide bonds. The maximum atomic E-state index is 12.4. The molecule has 1 atom stereocenters. The molecule has 2 aromatic rings. The third kappa shape index (κ3) is 4.70. The topological polar surface area (TPSA) is 102 Å². The molecule has 2 aromatic heterocycles. The van der Waals surface area contributed by atoms with Gasteiger partial charge in [-0.3, -0.25) is 5.41 Å². The number of aromatic amines is 1. The Morgan fingerprint density at radius 1 is 1.37 bits per heavy atom. The second kappa shape index (κ2) is 7.87. The van der Waals surface area contributed by atoms with Crippen LogP contribution >= 0.6 is 0 Å². The summed E-state index contributed by atoms with van der Waals surface area (Å²) in [5, 5.41) is 16.3. The van der Waals surface area contributed by atoms with E-state index in [0.29, 0.717) is 24.0 Å². The Morgan fingerprint density at radius 2 is 2.19 bits per heavy atom. The van der Waals surface area contributed by atoms with Gasteiger partial charge in [-0.1, -0.05) is 0 Å². The predicted octanol–water partition coefficient (Wildman–Crippen LogP) is 2.67. The van der Waals surface area contributed by atoms with Gasteiger partial charge in [-0.25, -0.2) is 15.0 Å². The molecule has 1 saturated heterocycles. The smallest absolute Gasteiger partial charge is 0.396 e. The lowest BCUT2D eigenvalue weighted by atomic mass is 9.99. The highest BCUT2D eigenvalue weighted by atomic mass is 19.4. The van der Waals surface area contributed by atoms with Crippen molar-refractivity contribution in [3.63, 3.8) is 0 Å². The average molecular weight is 380 g/mol. The molecule has 0 radical (unpaired) electrons. The summed E-state index contributed by atoms with van der Waals surface area (Å²) in [5.74, 6) is 1.13. The number of aliphatic hydroxyl groups is 1. The van der Waals surface area contributed by atoms with Crippen LogP contribution in [0.15, 0.2) is 24.7 Å². The SMILES string of the molecule is N=C(/C=C\c1ncc(-c2cc(N3CCCC(CO)C3)ncn2)[nH]1)C(F)(F)F. The molecule has 144 valence electrons. The van der Waals surface area contributed by atoms with Crippen LogP contribution in [0.5, 0.6) is 0 Å². The molecule has 1 aliphatic rings. The standard InChI is InChI=1S/C17H19F3N6O/c18-17(19,20)14(21)3-4-15-22-7-13(25-15)12-6-16(24-10-23-12)26-5-1-2-11(8-26)9-27/h3-4,6-7,10-11,21,27H,1-2,5,8-9H2,(H,22,25)/b4-3-,21-14?. The summed E-state index contributed by atoms with van der Waals surface area (Å²) in [6.45, 7) is 1.69. The van der Waals surface area contributed by atoms with Crippen molar-refractivity contribution in [3.05, 3.63) is 30.5 Å². The van der Waals surface area contributed by atoms with E-state index in [1.54, 1.807) is 6.07 Å². The number of H-pyrrole nitrogens is 1. The summed E-state index contributed by atoms with van der Waals surface area (Å²) in [6.07, 6.45) is 1.89. The predicted molar refractivity (Wildman–Crippen MR) is 94.5 cm³/mol. The fourth-order valence-electron chi connectivity index (χ4n) is 2.90. The normalized spacial score (nSPS) is 18.2. The second-order valence-corrected chi connectivity index (χ2v) is 6.33. The molecule has 1 unspecified atom stereocenters. The van der Waals surface area contributed by atoms with Crippen LogP contribution in [0.3, 0.4) is 0 Å². The largest absolute Gasteiger partial charge is 0.432 e. The quantitative estimate of drug-likeness (QED) is 0.692. The fourth-order valence-corrected chi connectivity index (χ4v) is 2.90. The summed E-state index contributed by atoms with van der Waals surface area (Å²) < 4.78 is 37.1. The molecule has 3 N–H and O–H groups in total. The number of imidazole rings is 1. The van der Waals surface area contributed by atoms with Crippen molar-refractivity contribution in [3.8, 4) is 11.4 Å². The summed E-state index contributed by atoms with van der Waals surface area (Å²) in [4.78, 5) is 17.4. The second-order valence-electron chi connectivity index (χ2n) is 6.33. The minimum atomic E-state index is -4.69. The number of piperidine rings is 1. The number of halogens is 3.